The molecule has 8 nitrogen and oxygen atoms in total. The molecule has 1 aliphatic carbocycles. The van der Waals surface area contributed by atoms with Gasteiger partial charge in [0.2, 0.25) is 6.41 Å². The molecule has 1 amide bonds. The summed E-state index contributed by atoms with van der Waals surface area (Å²) >= 11 is 7.23. The van der Waals surface area contributed by atoms with Crippen molar-refractivity contribution in [3.8, 4) is 5.69 Å². The van der Waals surface area contributed by atoms with Crippen LogP contribution in [0.15, 0.2) is 52.5 Å². The maximum atomic E-state index is 15.4. The summed E-state index contributed by atoms with van der Waals surface area (Å²) in [6, 6.07) is 7.31. The molecule has 1 saturated carbocycles. The van der Waals surface area contributed by atoms with E-state index in [0.29, 0.717) is 29.1 Å². The minimum atomic E-state index is -1.59. The van der Waals surface area contributed by atoms with E-state index < -0.39 is 23.2 Å². The smallest absolute Gasteiger partial charge is 0.545 e. The van der Waals surface area contributed by atoms with Crippen molar-refractivity contribution in [3.63, 3.8) is 0 Å². The first-order chi connectivity index (χ1) is 17.8. The molecule has 2 N–H and O–H groups in total. The summed E-state index contributed by atoms with van der Waals surface area (Å²) in [6.07, 6.45) is 5.50. The zero-order valence-corrected chi connectivity index (χ0v) is 24.2. The van der Waals surface area contributed by atoms with E-state index in [1.54, 1.807) is 34.8 Å². The Balaban J connectivity index is 0.000000956. The van der Waals surface area contributed by atoms with E-state index in [0.717, 1.165) is 36.4 Å². The van der Waals surface area contributed by atoms with Gasteiger partial charge in [-0.25, -0.2) is 8.78 Å². The second-order valence-electron chi connectivity index (χ2n) is 8.18. The number of benzene rings is 2. The number of carboxylic acid groups (broad SMARTS) is 1. The molecule has 2 heterocycles. The monoisotopic (exact) mass is 570 g/mol. The first-order valence-corrected chi connectivity index (χ1v) is 12.4. The van der Waals surface area contributed by atoms with Crippen LogP contribution in [-0.2, 0) is 16.1 Å². The predicted molar refractivity (Wildman–Crippen MR) is 133 cm³/mol. The zero-order valence-electron chi connectivity index (χ0n) is 20.6. The van der Waals surface area contributed by atoms with Crippen LogP contribution in [0.2, 0.25) is 5.02 Å². The molecule has 0 radical (unpaired) electrons. The number of hydrogen-bond acceptors (Lipinski definition) is 6. The number of carbonyl (C=O) groups excluding carboxylic acids is 2. The van der Waals surface area contributed by atoms with Crippen LogP contribution in [0.5, 0.6) is 0 Å². The largest absolute Gasteiger partial charge is 1.00 e. The molecular weight excluding hydrogens is 549 g/mol. The zero-order chi connectivity index (χ0) is 26.7. The Kier molecular flexibility index (Phi) is 10.4. The fourth-order valence-corrected chi connectivity index (χ4v) is 5.39. The molecule has 4 aromatic rings. The number of methoxy groups -OCH3 is 1. The van der Waals surface area contributed by atoms with Gasteiger partial charge < -0.3 is 24.9 Å². The van der Waals surface area contributed by atoms with Gasteiger partial charge in [-0.1, -0.05) is 35.5 Å². The summed E-state index contributed by atoms with van der Waals surface area (Å²) in [6.45, 7) is 0.999. The summed E-state index contributed by atoms with van der Waals surface area (Å²) in [4.78, 5) is 20.7. The van der Waals surface area contributed by atoms with Crippen molar-refractivity contribution in [2.24, 2.45) is 5.73 Å². The number of nitrogens with zero attached hydrogens (tertiary/aromatic N) is 3. The Morgan fingerprint density at radius 1 is 1.29 bits per heavy atom. The maximum absolute atomic E-state index is 15.4. The second kappa shape index (κ2) is 13.1. The van der Waals surface area contributed by atoms with E-state index in [-0.39, 0.29) is 57.3 Å². The van der Waals surface area contributed by atoms with Gasteiger partial charge in [-0.05, 0) is 31.0 Å². The van der Waals surface area contributed by atoms with Gasteiger partial charge in [0.25, 0.3) is 0 Å². The first kappa shape index (κ1) is 30.1. The number of fused-ring (bicyclic) bond motifs is 1. The molecule has 2 aromatic carbocycles. The fourth-order valence-electron chi connectivity index (χ4n) is 4.03. The minimum absolute atomic E-state index is 0. The Bertz CT molecular complexity index is 1480. The van der Waals surface area contributed by atoms with Crippen LogP contribution in [0.4, 0.5) is 8.78 Å². The number of amides is 1. The quantitative estimate of drug-likeness (QED) is 0.249. The van der Waals surface area contributed by atoms with Crippen LogP contribution in [0, 0.1) is 11.6 Å². The number of halogens is 3. The van der Waals surface area contributed by atoms with Crippen molar-refractivity contribution in [2.45, 2.75) is 35.1 Å². The standard InChI is InChI=1S/C24H20ClF2N3O3S.CH3NO.Na/c1-33-10-9-29-12-14(11-28-29)30-21(13-5-6-13)23(16-7-8-17(25)20(27)22(16)30)34-18-4-2-3-15(19(18)26)24(31)32;2-1-3;/h2-4,7-8,11-13H,5-6,9-10H2,1H3,(H,31,32);1H,(H2,2,3);/q;;+1/p-1. The molecule has 0 bridgehead atoms. The van der Waals surface area contributed by atoms with Crippen molar-refractivity contribution >= 4 is 46.6 Å². The number of primary amides is 1. The summed E-state index contributed by atoms with van der Waals surface area (Å²) in [5, 5.41) is 16.2. The van der Waals surface area contributed by atoms with E-state index in [9.17, 15) is 14.3 Å². The van der Waals surface area contributed by atoms with Gasteiger partial charge in [0.15, 0.2) is 5.82 Å². The average Bonchev–Trinajstić information content (AvgIpc) is 3.51. The van der Waals surface area contributed by atoms with Crippen LogP contribution in [-0.4, -0.2) is 40.4 Å². The Labute approximate surface area is 248 Å². The van der Waals surface area contributed by atoms with Crippen molar-refractivity contribution in [2.75, 3.05) is 13.7 Å². The molecule has 38 heavy (non-hydrogen) atoms. The molecule has 13 heteroatoms. The van der Waals surface area contributed by atoms with Crippen LogP contribution < -0.4 is 40.4 Å². The molecule has 194 valence electrons. The summed E-state index contributed by atoms with van der Waals surface area (Å²) in [5.41, 5.74) is 5.40. The Morgan fingerprint density at radius 3 is 2.63 bits per heavy atom. The summed E-state index contributed by atoms with van der Waals surface area (Å²) < 4.78 is 39.1. The van der Waals surface area contributed by atoms with Gasteiger partial charge in [-0.2, -0.15) is 5.10 Å². The number of carboxylic acids is 1. The van der Waals surface area contributed by atoms with Crippen LogP contribution in [0.3, 0.4) is 0 Å². The summed E-state index contributed by atoms with van der Waals surface area (Å²) in [5.74, 6) is -2.91. The number of nitrogens with two attached hydrogens (primary N) is 1. The fraction of sp³-hybridized carbons (Fsp3) is 0.240. The number of aromatic nitrogens is 3. The van der Waals surface area contributed by atoms with Gasteiger partial charge >= 0.3 is 29.6 Å². The second-order valence-corrected chi connectivity index (χ2v) is 9.64. The van der Waals surface area contributed by atoms with Crippen molar-refractivity contribution in [1.82, 2.24) is 14.3 Å². The van der Waals surface area contributed by atoms with Crippen LogP contribution >= 0.6 is 23.4 Å². The first-order valence-electron chi connectivity index (χ1n) is 11.2. The summed E-state index contributed by atoms with van der Waals surface area (Å²) in [7, 11) is 1.60. The van der Waals surface area contributed by atoms with Gasteiger partial charge in [-0.15, -0.1) is 0 Å². The molecule has 1 aliphatic rings. The van der Waals surface area contributed by atoms with Crippen molar-refractivity contribution in [3.05, 3.63) is 70.6 Å². The number of hydrogen-bond donors (Lipinski definition) is 1. The molecular formula is C25H22ClF2N4NaO4S. The Morgan fingerprint density at radius 2 is 2.00 bits per heavy atom. The molecule has 0 spiro atoms. The number of carbonyl (C=O) groups is 2. The molecule has 1 fully saturated rings. The molecule has 0 aliphatic heterocycles. The van der Waals surface area contributed by atoms with E-state index in [1.807, 2.05) is 0 Å². The SMILES string of the molecule is COCCn1cc(-n2c(C3CC3)c(Sc3cccc(C(=O)[O-])c3F)c3ccc(Cl)c(F)c32)cn1.NC=O.[Na+]. The number of rotatable bonds is 8. The van der Waals surface area contributed by atoms with Crippen molar-refractivity contribution < 1.29 is 57.8 Å². The van der Waals surface area contributed by atoms with Gasteiger partial charge in [0.1, 0.15) is 5.82 Å². The third kappa shape index (κ3) is 6.08. The minimum Gasteiger partial charge on any atom is -0.545 e. The van der Waals surface area contributed by atoms with Gasteiger partial charge in [0, 0.05) is 45.7 Å². The van der Waals surface area contributed by atoms with Crippen molar-refractivity contribution in [1.29, 1.82) is 0 Å². The number of aromatic carboxylic acids is 1. The van der Waals surface area contributed by atoms with Gasteiger partial charge in [-0.3, -0.25) is 9.48 Å². The van der Waals surface area contributed by atoms with Crippen LogP contribution in [0.25, 0.3) is 16.6 Å². The molecule has 0 saturated heterocycles. The van der Waals surface area contributed by atoms with E-state index in [1.165, 1.54) is 18.2 Å². The van der Waals surface area contributed by atoms with Crippen LogP contribution in [0.1, 0.15) is 34.8 Å². The molecule has 5 rings (SSSR count). The molecule has 0 unspecified atom stereocenters. The topological polar surface area (TPSA) is 115 Å². The van der Waals surface area contributed by atoms with Gasteiger partial charge in [0.05, 0.1) is 41.5 Å². The maximum Gasteiger partial charge on any atom is 1.00 e. The molecule has 2 aromatic heterocycles. The predicted octanol–water partition coefficient (Wildman–Crippen LogP) is 0.903. The third-order valence-corrected chi connectivity index (χ3v) is 7.23. The van der Waals surface area contributed by atoms with E-state index >= 15 is 4.39 Å². The van der Waals surface area contributed by atoms with E-state index in [4.69, 9.17) is 21.1 Å². The third-order valence-electron chi connectivity index (χ3n) is 5.77. The number of ether oxygens (including phenoxy) is 1. The molecule has 0 atom stereocenters. The average molecular weight is 571 g/mol. The Hall–Kier alpha value is -2.41. The van der Waals surface area contributed by atoms with E-state index in [2.05, 4.69) is 10.8 Å². The normalized spacial score (nSPS) is 12.5.